The number of para-hydroxylation sites is 1. The van der Waals surface area contributed by atoms with Gasteiger partial charge in [0.15, 0.2) is 11.5 Å². The van der Waals surface area contributed by atoms with Gasteiger partial charge in [0.25, 0.3) is 0 Å². The zero-order chi connectivity index (χ0) is 24.9. The van der Waals surface area contributed by atoms with Crippen molar-refractivity contribution in [3.05, 3.63) is 81.8 Å². The van der Waals surface area contributed by atoms with Gasteiger partial charge >= 0.3 is 0 Å². The minimum absolute atomic E-state index is 0.0870. The molecular weight excluding hydrogens is 489 g/mol. The van der Waals surface area contributed by atoms with Crippen LogP contribution in [-0.4, -0.2) is 25.5 Å². The quantitative estimate of drug-likeness (QED) is 0.395. The van der Waals surface area contributed by atoms with Crippen LogP contribution in [0.25, 0.3) is 0 Å². The first-order chi connectivity index (χ1) is 16.9. The number of amides is 2. The number of methoxy groups -OCH3 is 1. The van der Waals surface area contributed by atoms with Crippen molar-refractivity contribution in [2.24, 2.45) is 5.92 Å². The Morgan fingerprint density at radius 1 is 1.06 bits per heavy atom. The maximum Gasteiger partial charge on any atom is 0.243 e. The van der Waals surface area contributed by atoms with E-state index in [2.05, 4.69) is 10.9 Å². The first-order valence-corrected chi connectivity index (χ1v) is 11.8. The number of hydrogen-bond acceptors (Lipinski definition) is 5. The van der Waals surface area contributed by atoms with Crippen molar-refractivity contribution < 1.29 is 19.1 Å². The Morgan fingerprint density at radius 2 is 1.74 bits per heavy atom. The average Bonchev–Trinajstić information content (AvgIpc) is 3.24. The largest absolute Gasteiger partial charge is 0.493 e. The van der Waals surface area contributed by atoms with Crippen LogP contribution < -0.4 is 25.2 Å². The molecule has 1 saturated heterocycles. The predicted molar refractivity (Wildman–Crippen MR) is 137 cm³/mol. The third-order valence-corrected chi connectivity index (χ3v) is 6.49. The molecule has 9 heteroatoms. The van der Waals surface area contributed by atoms with Crippen LogP contribution in [0, 0.1) is 12.8 Å². The van der Waals surface area contributed by atoms with Crippen LogP contribution in [0.15, 0.2) is 60.7 Å². The maximum atomic E-state index is 12.9. The summed E-state index contributed by atoms with van der Waals surface area (Å²) < 4.78 is 11.4. The monoisotopic (exact) mass is 513 g/mol. The van der Waals surface area contributed by atoms with Gasteiger partial charge in [0, 0.05) is 34.3 Å². The van der Waals surface area contributed by atoms with Gasteiger partial charge in [0.2, 0.25) is 11.8 Å². The number of aryl methyl sites for hydroxylation is 1. The Kier molecular flexibility index (Phi) is 7.68. The summed E-state index contributed by atoms with van der Waals surface area (Å²) in [7, 11) is 1.52. The van der Waals surface area contributed by atoms with Gasteiger partial charge < -0.3 is 14.4 Å². The number of benzene rings is 3. The third-order valence-electron chi connectivity index (χ3n) is 5.78. The molecule has 0 aromatic heterocycles. The van der Waals surface area contributed by atoms with Crippen LogP contribution in [0.1, 0.15) is 17.5 Å². The third kappa shape index (κ3) is 5.63. The lowest BCUT2D eigenvalue weighted by atomic mass is 10.1. The second-order valence-corrected chi connectivity index (χ2v) is 9.00. The predicted octanol–water partition coefficient (Wildman–Crippen LogP) is 5.39. The van der Waals surface area contributed by atoms with Gasteiger partial charge in [0.05, 0.1) is 18.7 Å². The fraction of sp³-hybridized carbons (Fsp3) is 0.231. The van der Waals surface area contributed by atoms with E-state index in [-0.39, 0.29) is 24.8 Å². The van der Waals surface area contributed by atoms with E-state index in [0.29, 0.717) is 39.3 Å². The first kappa shape index (κ1) is 24.7. The van der Waals surface area contributed by atoms with Crippen molar-refractivity contribution in [1.82, 2.24) is 5.43 Å². The molecule has 0 bridgehead atoms. The van der Waals surface area contributed by atoms with Gasteiger partial charge in [-0.2, -0.15) is 0 Å². The number of nitrogens with zero attached hydrogens (tertiary/aromatic N) is 1. The molecule has 1 fully saturated rings. The molecule has 0 spiro atoms. The lowest BCUT2D eigenvalue weighted by Gasteiger charge is -2.19. The topological polar surface area (TPSA) is 79.9 Å². The van der Waals surface area contributed by atoms with Crippen LogP contribution in [-0.2, 0) is 16.2 Å². The molecule has 2 N–H and O–H groups in total. The highest BCUT2D eigenvalue weighted by molar-refractivity contribution is 6.35. The van der Waals surface area contributed by atoms with Gasteiger partial charge in [-0.25, -0.2) is 0 Å². The Morgan fingerprint density at radius 3 is 2.43 bits per heavy atom. The second kappa shape index (κ2) is 10.9. The van der Waals surface area contributed by atoms with E-state index in [9.17, 15) is 9.59 Å². The molecule has 1 aliphatic heterocycles. The summed E-state index contributed by atoms with van der Waals surface area (Å²) in [4.78, 5) is 27.0. The fourth-order valence-electron chi connectivity index (χ4n) is 3.83. The summed E-state index contributed by atoms with van der Waals surface area (Å²) >= 11 is 12.5. The molecule has 1 heterocycles. The number of rotatable bonds is 8. The highest BCUT2D eigenvalue weighted by atomic mass is 35.5. The number of carbonyl (C=O) groups is 2. The molecule has 182 valence electrons. The summed E-state index contributed by atoms with van der Waals surface area (Å²) in [6, 6.07) is 18.1. The van der Waals surface area contributed by atoms with Crippen LogP contribution in [0.2, 0.25) is 10.0 Å². The van der Waals surface area contributed by atoms with Crippen molar-refractivity contribution in [3.8, 4) is 11.5 Å². The van der Waals surface area contributed by atoms with Gasteiger partial charge in [-0.3, -0.25) is 20.4 Å². The average molecular weight is 514 g/mol. The number of carbonyl (C=O) groups excluding carboxylic acids is 2. The molecule has 1 atom stereocenters. The van der Waals surface area contributed by atoms with E-state index in [1.165, 1.54) is 7.11 Å². The lowest BCUT2D eigenvalue weighted by Crippen LogP contribution is -2.36. The molecular formula is C26H25Cl2N3O4. The van der Waals surface area contributed by atoms with Gasteiger partial charge in [-0.15, -0.1) is 0 Å². The molecule has 1 aliphatic rings. The molecule has 0 unspecified atom stereocenters. The van der Waals surface area contributed by atoms with Crippen LogP contribution >= 0.6 is 23.2 Å². The van der Waals surface area contributed by atoms with Crippen molar-refractivity contribution >= 4 is 46.4 Å². The summed E-state index contributed by atoms with van der Waals surface area (Å²) in [5, 5.41) is 0.971. The Bertz CT molecular complexity index is 1210. The number of ether oxygens (including phenoxy) is 2. The Labute approximate surface area is 213 Å². The maximum absolute atomic E-state index is 12.9. The van der Waals surface area contributed by atoms with Crippen molar-refractivity contribution in [2.75, 3.05) is 24.0 Å². The van der Waals surface area contributed by atoms with E-state index < -0.39 is 5.92 Å². The van der Waals surface area contributed by atoms with E-state index >= 15 is 0 Å². The number of hydrogen-bond donors (Lipinski definition) is 2. The van der Waals surface area contributed by atoms with E-state index in [1.807, 2.05) is 31.2 Å². The normalized spacial score (nSPS) is 15.1. The highest BCUT2D eigenvalue weighted by Gasteiger charge is 2.35. The number of hydrazine groups is 1. The second-order valence-electron chi connectivity index (χ2n) is 8.18. The highest BCUT2D eigenvalue weighted by Crippen LogP contribution is 2.36. The fourth-order valence-corrected chi connectivity index (χ4v) is 4.33. The molecule has 0 aliphatic carbocycles. The number of anilines is 2. The van der Waals surface area contributed by atoms with E-state index in [1.54, 1.807) is 41.3 Å². The standard InChI is InChI=1S/C26H25Cl2N3O4/c1-16-9-11-18(12-10-16)31-14-17(13-24(31)32)26(33)30-29-22-7-4-8-23(34-2)25(22)35-15-19-20(27)5-3-6-21(19)28/h3-12,17,29H,13-15H2,1-2H3,(H,30,33)/t17-/m0/s1. The summed E-state index contributed by atoms with van der Waals surface area (Å²) in [5.41, 5.74) is 8.62. The summed E-state index contributed by atoms with van der Waals surface area (Å²) in [5.74, 6) is -0.0239. The minimum Gasteiger partial charge on any atom is -0.493 e. The van der Waals surface area contributed by atoms with Gasteiger partial charge in [-0.05, 0) is 43.3 Å². The number of nitrogens with one attached hydrogen (secondary N) is 2. The first-order valence-electron chi connectivity index (χ1n) is 11.0. The smallest absolute Gasteiger partial charge is 0.243 e. The molecule has 7 nitrogen and oxygen atoms in total. The molecule has 35 heavy (non-hydrogen) atoms. The van der Waals surface area contributed by atoms with E-state index in [0.717, 1.165) is 11.3 Å². The molecule has 3 aromatic carbocycles. The molecule has 3 aromatic rings. The summed E-state index contributed by atoms with van der Waals surface area (Å²) in [6.45, 7) is 2.39. The van der Waals surface area contributed by atoms with Crippen molar-refractivity contribution in [2.45, 2.75) is 20.0 Å². The molecule has 2 amide bonds. The van der Waals surface area contributed by atoms with Crippen molar-refractivity contribution in [3.63, 3.8) is 0 Å². The molecule has 0 saturated carbocycles. The SMILES string of the molecule is COc1cccc(NNC(=O)[C@H]2CC(=O)N(c3ccc(C)cc3)C2)c1OCc1c(Cl)cccc1Cl. The van der Waals surface area contributed by atoms with Crippen LogP contribution in [0.4, 0.5) is 11.4 Å². The molecule has 0 radical (unpaired) electrons. The Hall–Kier alpha value is -3.42. The van der Waals surface area contributed by atoms with Gasteiger partial charge in [-0.1, -0.05) is 53.0 Å². The van der Waals surface area contributed by atoms with Gasteiger partial charge in [0.1, 0.15) is 6.61 Å². The van der Waals surface area contributed by atoms with Crippen molar-refractivity contribution in [1.29, 1.82) is 0 Å². The molecule has 4 rings (SSSR count). The zero-order valence-electron chi connectivity index (χ0n) is 19.3. The minimum atomic E-state index is -0.492. The van der Waals surface area contributed by atoms with Crippen LogP contribution in [0.3, 0.4) is 0 Å². The zero-order valence-corrected chi connectivity index (χ0v) is 20.8. The lowest BCUT2D eigenvalue weighted by molar-refractivity contribution is -0.125. The van der Waals surface area contributed by atoms with E-state index in [4.69, 9.17) is 32.7 Å². The van der Waals surface area contributed by atoms with Crippen LogP contribution in [0.5, 0.6) is 11.5 Å². The summed E-state index contributed by atoms with van der Waals surface area (Å²) in [6.07, 6.45) is 0.133. The Balaban J connectivity index is 1.43. The number of halogens is 2.